The van der Waals surface area contributed by atoms with Crippen LogP contribution in [0.3, 0.4) is 0 Å². The van der Waals surface area contributed by atoms with Gasteiger partial charge in [0.25, 0.3) is 5.91 Å². The highest BCUT2D eigenvalue weighted by Crippen LogP contribution is 2.24. The molecule has 1 amide bonds. The molecule has 0 fully saturated rings. The van der Waals surface area contributed by atoms with Gasteiger partial charge in [-0.05, 0) is 24.1 Å². The van der Waals surface area contributed by atoms with Gasteiger partial charge in [0.2, 0.25) is 0 Å². The zero-order valence-electron chi connectivity index (χ0n) is 10.0. The Morgan fingerprint density at radius 1 is 1.44 bits per heavy atom. The van der Waals surface area contributed by atoms with E-state index >= 15 is 0 Å². The van der Waals surface area contributed by atoms with Gasteiger partial charge in [0, 0.05) is 11.0 Å². The Morgan fingerprint density at radius 3 is 2.67 bits per heavy atom. The van der Waals surface area contributed by atoms with Gasteiger partial charge < -0.3 is 10.1 Å². The van der Waals surface area contributed by atoms with E-state index in [-0.39, 0.29) is 17.2 Å². The van der Waals surface area contributed by atoms with Crippen molar-refractivity contribution in [3.05, 3.63) is 28.2 Å². The molecule has 6 heteroatoms. The van der Waals surface area contributed by atoms with Gasteiger partial charge >= 0.3 is 6.61 Å². The first kappa shape index (κ1) is 14.9. The quantitative estimate of drug-likeness (QED) is 0.902. The molecule has 0 spiro atoms. The molecule has 18 heavy (non-hydrogen) atoms. The van der Waals surface area contributed by atoms with Crippen molar-refractivity contribution in [2.24, 2.45) is 5.92 Å². The fourth-order valence-corrected chi connectivity index (χ4v) is 1.63. The van der Waals surface area contributed by atoms with E-state index in [2.05, 4.69) is 26.0 Å². The first-order valence-corrected chi connectivity index (χ1v) is 6.22. The summed E-state index contributed by atoms with van der Waals surface area (Å²) in [4.78, 5) is 11.8. The number of halogens is 3. The number of hydrogen-bond acceptors (Lipinski definition) is 2. The summed E-state index contributed by atoms with van der Waals surface area (Å²) in [6.07, 6.45) is 0. The number of nitrogens with one attached hydrogen (secondary N) is 1. The number of carbonyl (C=O) groups is 1. The van der Waals surface area contributed by atoms with Crippen LogP contribution in [-0.4, -0.2) is 19.1 Å². The molecule has 0 unspecified atom stereocenters. The largest absolute Gasteiger partial charge is 0.434 e. The van der Waals surface area contributed by atoms with E-state index in [0.29, 0.717) is 11.0 Å². The van der Waals surface area contributed by atoms with Crippen LogP contribution in [0.4, 0.5) is 8.78 Å². The Bertz CT molecular complexity index is 425. The topological polar surface area (TPSA) is 38.3 Å². The molecular weight excluding hydrogens is 308 g/mol. The maximum Gasteiger partial charge on any atom is 0.387 e. The zero-order valence-corrected chi connectivity index (χ0v) is 11.6. The van der Waals surface area contributed by atoms with Crippen LogP contribution in [0.5, 0.6) is 5.75 Å². The second-order valence-corrected chi connectivity index (χ2v) is 5.04. The molecule has 0 bridgehead atoms. The van der Waals surface area contributed by atoms with Gasteiger partial charge in [0.1, 0.15) is 5.75 Å². The van der Waals surface area contributed by atoms with E-state index in [9.17, 15) is 13.6 Å². The minimum Gasteiger partial charge on any atom is -0.434 e. The molecular formula is C12H14BrF2NO2. The molecule has 0 heterocycles. The molecule has 1 aromatic carbocycles. The van der Waals surface area contributed by atoms with Gasteiger partial charge in [-0.1, -0.05) is 29.8 Å². The second kappa shape index (κ2) is 6.68. The molecule has 0 saturated carbocycles. The van der Waals surface area contributed by atoms with E-state index in [0.717, 1.165) is 0 Å². The lowest BCUT2D eigenvalue weighted by molar-refractivity contribution is -0.0501. The number of alkyl halides is 2. The highest BCUT2D eigenvalue weighted by Gasteiger charge is 2.16. The number of ether oxygens (including phenoxy) is 1. The minimum absolute atomic E-state index is 0.0883. The predicted octanol–water partition coefficient (Wildman–Crippen LogP) is 3.44. The number of benzene rings is 1. The van der Waals surface area contributed by atoms with Crippen LogP contribution in [0.1, 0.15) is 24.2 Å². The van der Waals surface area contributed by atoms with Crippen molar-refractivity contribution < 1.29 is 18.3 Å². The molecule has 3 nitrogen and oxygen atoms in total. The lowest BCUT2D eigenvalue weighted by atomic mass is 10.1. The van der Waals surface area contributed by atoms with Gasteiger partial charge in [-0.3, -0.25) is 4.79 Å². The van der Waals surface area contributed by atoms with Crippen molar-refractivity contribution >= 4 is 21.8 Å². The van der Waals surface area contributed by atoms with Crippen LogP contribution in [0.25, 0.3) is 0 Å². The van der Waals surface area contributed by atoms with Crippen LogP contribution in [0.15, 0.2) is 22.7 Å². The molecule has 100 valence electrons. The first-order chi connectivity index (χ1) is 8.40. The van der Waals surface area contributed by atoms with Gasteiger partial charge in [-0.25, -0.2) is 0 Å². The Morgan fingerprint density at radius 2 is 2.11 bits per heavy atom. The van der Waals surface area contributed by atoms with E-state index < -0.39 is 12.5 Å². The lowest BCUT2D eigenvalue weighted by Crippen LogP contribution is -2.28. The van der Waals surface area contributed by atoms with Gasteiger partial charge in [0.15, 0.2) is 0 Å². The third-order valence-corrected chi connectivity index (χ3v) is 2.57. The summed E-state index contributed by atoms with van der Waals surface area (Å²) in [7, 11) is 0. The molecule has 0 radical (unpaired) electrons. The summed E-state index contributed by atoms with van der Waals surface area (Å²) in [6.45, 7) is 1.40. The van der Waals surface area contributed by atoms with Crippen LogP contribution in [0.2, 0.25) is 0 Å². The van der Waals surface area contributed by atoms with Crippen molar-refractivity contribution in [3.8, 4) is 5.75 Å². The molecule has 0 saturated heterocycles. The van der Waals surface area contributed by atoms with Crippen molar-refractivity contribution in [2.75, 3.05) is 6.54 Å². The van der Waals surface area contributed by atoms with Crippen LogP contribution in [0, 0.1) is 5.92 Å². The predicted molar refractivity (Wildman–Crippen MR) is 67.9 cm³/mol. The van der Waals surface area contributed by atoms with Crippen molar-refractivity contribution in [3.63, 3.8) is 0 Å². The average Bonchev–Trinajstić information content (AvgIpc) is 2.27. The maximum absolute atomic E-state index is 12.2. The number of hydrogen-bond donors (Lipinski definition) is 1. The van der Waals surface area contributed by atoms with E-state index in [1.54, 1.807) is 0 Å². The Balaban J connectivity index is 2.90. The number of amides is 1. The monoisotopic (exact) mass is 321 g/mol. The fourth-order valence-electron chi connectivity index (χ4n) is 1.27. The summed E-state index contributed by atoms with van der Waals surface area (Å²) in [5.74, 6) is -0.282. The number of carbonyl (C=O) groups excluding carboxylic acids is 1. The van der Waals surface area contributed by atoms with E-state index in [1.165, 1.54) is 18.2 Å². The maximum atomic E-state index is 12.2. The summed E-state index contributed by atoms with van der Waals surface area (Å²) in [6, 6.07) is 4.32. The zero-order chi connectivity index (χ0) is 13.7. The van der Waals surface area contributed by atoms with Crippen molar-refractivity contribution in [2.45, 2.75) is 20.5 Å². The summed E-state index contributed by atoms with van der Waals surface area (Å²) in [5, 5.41) is 2.65. The van der Waals surface area contributed by atoms with Crippen LogP contribution in [-0.2, 0) is 0 Å². The average molecular weight is 322 g/mol. The van der Waals surface area contributed by atoms with Crippen LogP contribution >= 0.6 is 15.9 Å². The van der Waals surface area contributed by atoms with Gasteiger partial charge in [-0.15, -0.1) is 0 Å². The molecule has 0 aromatic heterocycles. The Labute approximate surface area is 113 Å². The molecule has 0 atom stereocenters. The Kier molecular flexibility index (Phi) is 5.53. The molecule has 0 aliphatic rings. The standard InChI is InChI=1S/C12H14BrF2NO2/c1-7(2)6-16-11(17)9-5-8(13)3-4-10(9)18-12(14)15/h3-5,7,12H,6H2,1-2H3,(H,16,17). The third-order valence-electron chi connectivity index (χ3n) is 2.07. The normalized spacial score (nSPS) is 10.8. The number of rotatable bonds is 5. The van der Waals surface area contributed by atoms with Crippen LogP contribution < -0.4 is 10.1 Å². The SMILES string of the molecule is CC(C)CNC(=O)c1cc(Br)ccc1OC(F)F. The highest BCUT2D eigenvalue weighted by atomic mass is 79.9. The summed E-state index contributed by atoms with van der Waals surface area (Å²) < 4.78 is 29.4. The second-order valence-electron chi connectivity index (χ2n) is 4.12. The molecule has 1 aromatic rings. The van der Waals surface area contributed by atoms with Gasteiger partial charge in [0.05, 0.1) is 5.56 Å². The van der Waals surface area contributed by atoms with Crippen molar-refractivity contribution in [1.29, 1.82) is 0 Å². The third kappa shape index (κ3) is 4.60. The van der Waals surface area contributed by atoms with E-state index in [1.807, 2.05) is 13.8 Å². The molecule has 1 rings (SSSR count). The first-order valence-electron chi connectivity index (χ1n) is 5.42. The summed E-state index contributed by atoms with van der Waals surface area (Å²) >= 11 is 3.19. The smallest absolute Gasteiger partial charge is 0.387 e. The van der Waals surface area contributed by atoms with Gasteiger partial charge in [-0.2, -0.15) is 8.78 Å². The van der Waals surface area contributed by atoms with Crippen molar-refractivity contribution in [1.82, 2.24) is 5.32 Å². The minimum atomic E-state index is -2.96. The molecule has 0 aliphatic carbocycles. The lowest BCUT2D eigenvalue weighted by Gasteiger charge is -2.12. The molecule has 1 N–H and O–H groups in total. The van der Waals surface area contributed by atoms with E-state index in [4.69, 9.17) is 0 Å². The fraction of sp³-hybridized carbons (Fsp3) is 0.417. The summed E-state index contributed by atoms with van der Waals surface area (Å²) in [5.41, 5.74) is 0.0883. The highest BCUT2D eigenvalue weighted by molar-refractivity contribution is 9.10. The Hall–Kier alpha value is -1.17. The molecule has 0 aliphatic heterocycles.